The van der Waals surface area contributed by atoms with Crippen molar-refractivity contribution in [3.63, 3.8) is 0 Å². The summed E-state index contributed by atoms with van der Waals surface area (Å²) in [6.45, 7) is 2.91. The highest BCUT2D eigenvalue weighted by Crippen LogP contribution is 2.32. The molecule has 0 radical (unpaired) electrons. The molecule has 7 nitrogen and oxygen atoms in total. The third-order valence-electron chi connectivity index (χ3n) is 5.62. The summed E-state index contributed by atoms with van der Waals surface area (Å²) >= 11 is 6.56. The van der Waals surface area contributed by atoms with Gasteiger partial charge in [-0.25, -0.2) is 19.9 Å². The van der Waals surface area contributed by atoms with Crippen molar-refractivity contribution in [2.45, 2.75) is 6.42 Å². The molecule has 5 rings (SSSR count). The molecule has 4 aromatic rings. The van der Waals surface area contributed by atoms with Crippen LogP contribution >= 0.6 is 11.6 Å². The molecule has 31 heavy (non-hydrogen) atoms. The Bertz CT molecular complexity index is 1200. The summed E-state index contributed by atoms with van der Waals surface area (Å²) < 4.78 is 7.93. The number of rotatable bonds is 4. The molecule has 0 amide bonds. The number of hydrogen-bond donors (Lipinski definition) is 0. The lowest BCUT2D eigenvalue weighted by Crippen LogP contribution is -2.31. The molecular formula is C23H23ClN6O. The Morgan fingerprint density at radius 3 is 2.81 bits per heavy atom. The van der Waals surface area contributed by atoms with Crippen molar-refractivity contribution >= 4 is 28.5 Å². The molecular weight excluding hydrogens is 412 g/mol. The first-order valence-electron chi connectivity index (χ1n) is 10.3. The minimum absolute atomic E-state index is 0.279. The molecule has 1 aliphatic heterocycles. The lowest BCUT2D eigenvalue weighted by molar-refractivity contribution is 0.123. The van der Waals surface area contributed by atoms with Crippen molar-refractivity contribution in [2.24, 2.45) is 13.0 Å². The van der Waals surface area contributed by atoms with Gasteiger partial charge >= 0.3 is 0 Å². The first kappa shape index (κ1) is 19.9. The minimum atomic E-state index is 0.279. The van der Waals surface area contributed by atoms with Gasteiger partial charge in [-0.1, -0.05) is 23.7 Å². The minimum Gasteiger partial charge on any atom is -0.379 e. The fourth-order valence-electron chi connectivity index (χ4n) is 4.06. The van der Waals surface area contributed by atoms with Crippen LogP contribution in [0.15, 0.2) is 55.0 Å². The first-order chi connectivity index (χ1) is 15.2. The molecule has 1 fully saturated rings. The van der Waals surface area contributed by atoms with E-state index in [1.165, 1.54) is 0 Å². The second-order valence-corrected chi connectivity index (χ2v) is 8.17. The molecule has 3 aromatic heterocycles. The van der Waals surface area contributed by atoms with Crippen molar-refractivity contribution in [3.8, 4) is 11.4 Å². The van der Waals surface area contributed by atoms with Crippen LogP contribution in [-0.2, 0) is 18.2 Å². The summed E-state index contributed by atoms with van der Waals surface area (Å²) in [5.41, 5.74) is 2.89. The molecule has 0 aliphatic carbocycles. The van der Waals surface area contributed by atoms with Crippen LogP contribution in [0.25, 0.3) is 22.4 Å². The highest BCUT2D eigenvalue weighted by molar-refractivity contribution is 6.33. The van der Waals surface area contributed by atoms with Crippen LogP contribution in [0, 0.1) is 5.92 Å². The smallest absolute Gasteiger partial charge is 0.142 e. The quantitative estimate of drug-likeness (QED) is 0.487. The van der Waals surface area contributed by atoms with Gasteiger partial charge < -0.3 is 14.2 Å². The van der Waals surface area contributed by atoms with Gasteiger partial charge in [0.05, 0.1) is 29.3 Å². The van der Waals surface area contributed by atoms with Gasteiger partial charge in [0, 0.05) is 56.6 Å². The van der Waals surface area contributed by atoms with E-state index in [4.69, 9.17) is 21.3 Å². The maximum absolute atomic E-state index is 6.56. The van der Waals surface area contributed by atoms with Gasteiger partial charge in [-0.05, 0) is 24.3 Å². The Morgan fingerprint density at radius 2 is 1.97 bits per heavy atom. The molecule has 1 saturated heterocycles. The molecule has 1 aliphatic rings. The predicted octanol–water partition coefficient (Wildman–Crippen LogP) is 3.77. The summed E-state index contributed by atoms with van der Waals surface area (Å²) in [4.78, 5) is 20.4. The molecule has 0 spiro atoms. The van der Waals surface area contributed by atoms with Crippen molar-refractivity contribution in [1.82, 2.24) is 24.5 Å². The lowest BCUT2D eigenvalue weighted by Gasteiger charge is -2.25. The van der Waals surface area contributed by atoms with Crippen LogP contribution in [0.1, 0.15) is 5.82 Å². The average molecular weight is 435 g/mol. The standard InChI is InChI=1S/C23H23ClN6O/c1-29-20-6-3-2-5-19(20)28-23(29)17-12-22(27-13-18(17)24)30-9-10-31-15-16(14-30)11-21-25-7-4-8-26-21/h2-8,12-13,16H,9-11,14-15H2,1H3. The largest absolute Gasteiger partial charge is 0.379 e. The maximum atomic E-state index is 6.56. The SMILES string of the molecule is Cn1c(-c2cc(N3CCOCC(Cc4ncccn4)C3)ncc2Cl)nc2ccccc21. The Morgan fingerprint density at radius 1 is 1.13 bits per heavy atom. The molecule has 0 saturated carbocycles. The van der Waals surface area contributed by atoms with E-state index in [1.54, 1.807) is 18.6 Å². The van der Waals surface area contributed by atoms with Gasteiger partial charge in [-0.3, -0.25) is 0 Å². The van der Waals surface area contributed by atoms with E-state index in [-0.39, 0.29) is 5.92 Å². The summed E-state index contributed by atoms with van der Waals surface area (Å²) in [6, 6.07) is 11.9. The van der Waals surface area contributed by atoms with Gasteiger partial charge in [-0.15, -0.1) is 0 Å². The van der Waals surface area contributed by atoms with Crippen molar-refractivity contribution in [2.75, 3.05) is 31.2 Å². The number of hydrogen-bond acceptors (Lipinski definition) is 6. The number of anilines is 1. The molecule has 158 valence electrons. The van der Waals surface area contributed by atoms with Gasteiger partial charge in [-0.2, -0.15) is 0 Å². The highest BCUT2D eigenvalue weighted by Gasteiger charge is 2.23. The number of ether oxygens (including phenoxy) is 1. The number of para-hydroxylation sites is 2. The lowest BCUT2D eigenvalue weighted by atomic mass is 10.1. The van der Waals surface area contributed by atoms with Crippen LogP contribution in [0.4, 0.5) is 5.82 Å². The van der Waals surface area contributed by atoms with E-state index in [0.717, 1.165) is 53.6 Å². The van der Waals surface area contributed by atoms with Crippen LogP contribution in [0.3, 0.4) is 0 Å². The highest BCUT2D eigenvalue weighted by atomic mass is 35.5. The molecule has 1 aromatic carbocycles. The Kier molecular flexibility index (Phi) is 5.53. The summed E-state index contributed by atoms with van der Waals surface area (Å²) in [5.74, 6) is 2.81. The number of nitrogens with zero attached hydrogens (tertiary/aromatic N) is 6. The normalized spacial score (nSPS) is 17.1. The van der Waals surface area contributed by atoms with Gasteiger partial charge in [0.25, 0.3) is 0 Å². The molecule has 8 heteroatoms. The molecule has 1 atom stereocenters. The van der Waals surface area contributed by atoms with Crippen molar-refractivity contribution in [1.29, 1.82) is 0 Å². The number of aryl methyl sites for hydroxylation is 1. The Balaban J connectivity index is 1.45. The molecule has 0 bridgehead atoms. The van der Waals surface area contributed by atoms with Crippen molar-refractivity contribution in [3.05, 3.63) is 65.8 Å². The van der Waals surface area contributed by atoms with Gasteiger partial charge in [0.2, 0.25) is 0 Å². The van der Waals surface area contributed by atoms with Crippen LogP contribution in [-0.4, -0.2) is 50.8 Å². The third kappa shape index (κ3) is 4.11. The summed E-state index contributed by atoms with van der Waals surface area (Å²) in [6.07, 6.45) is 6.04. The van der Waals surface area contributed by atoms with Gasteiger partial charge in [0.1, 0.15) is 17.5 Å². The van der Waals surface area contributed by atoms with Crippen LogP contribution < -0.4 is 4.90 Å². The van der Waals surface area contributed by atoms with E-state index >= 15 is 0 Å². The van der Waals surface area contributed by atoms with E-state index in [9.17, 15) is 0 Å². The third-order valence-corrected chi connectivity index (χ3v) is 5.92. The van der Waals surface area contributed by atoms with Gasteiger partial charge in [0.15, 0.2) is 0 Å². The van der Waals surface area contributed by atoms with E-state index in [2.05, 4.69) is 30.5 Å². The number of aromatic nitrogens is 5. The monoisotopic (exact) mass is 434 g/mol. The fraction of sp³-hybridized carbons (Fsp3) is 0.304. The van der Waals surface area contributed by atoms with Crippen molar-refractivity contribution < 1.29 is 4.74 Å². The zero-order valence-electron chi connectivity index (χ0n) is 17.3. The predicted molar refractivity (Wildman–Crippen MR) is 121 cm³/mol. The molecule has 0 N–H and O–H groups in total. The first-order valence-corrected chi connectivity index (χ1v) is 10.7. The molecule has 1 unspecified atom stereocenters. The number of benzene rings is 1. The number of imidazole rings is 1. The van der Waals surface area contributed by atoms with E-state index < -0.39 is 0 Å². The fourth-order valence-corrected chi connectivity index (χ4v) is 4.25. The van der Waals surface area contributed by atoms with Crippen LogP contribution in [0.5, 0.6) is 0 Å². The number of pyridine rings is 1. The molecule has 4 heterocycles. The topological polar surface area (TPSA) is 69.0 Å². The number of fused-ring (bicyclic) bond motifs is 1. The average Bonchev–Trinajstić information content (AvgIpc) is 2.96. The summed E-state index contributed by atoms with van der Waals surface area (Å²) in [7, 11) is 2.01. The van der Waals surface area contributed by atoms with Crippen LogP contribution in [0.2, 0.25) is 5.02 Å². The zero-order chi connectivity index (χ0) is 21.2. The Hall–Kier alpha value is -3.03. The second kappa shape index (κ2) is 8.61. The van der Waals surface area contributed by atoms with E-state index in [1.807, 2.05) is 37.4 Å². The maximum Gasteiger partial charge on any atom is 0.142 e. The second-order valence-electron chi connectivity index (χ2n) is 7.76. The Labute approximate surface area is 185 Å². The zero-order valence-corrected chi connectivity index (χ0v) is 18.0. The van der Waals surface area contributed by atoms with E-state index in [0.29, 0.717) is 18.2 Å². The summed E-state index contributed by atoms with van der Waals surface area (Å²) in [5, 5.41) is 0.586. The number of halogens is 1.